The van der Waals surface area contributed by atoms with E-state index in [1.807, 2.05) is 62.4 Å². The van der Waals surface area contributed by atoms with E-state index in [-0.39, 0.29) is 12.4 Å². The minimum absolute atomic E-state index is 0.149. The van der Waals surface area contributed by atoms with E-state index in [9.17, 15) is 4.79 Å². The van der Waals surface area contributed by atoms with Crippen molar-refractivity contribution >= 4 is 23.0 Å². The van der Waals surface area contributed by atoms with Gasteiger partial charge in [-0.05, 0) is 56.7 Å². The molecule has 34 heavy (non-hydrogen) atoms. The van der Waals surface area contributed by atoms with Crippen molar-refractivity contribution in [1.29, 1.82) is 0 Å². The van der Waals surface area contributed by atoms with Crippen molar-refractivity contribution in [3.8, 4) is 17.2 Å². The summed E-state index contributed by atoms with van der Waals surface area (Å²) in [6, 6.07) is 15.3. The number of nitrogens with zero attached hydrogens (tertiary/aromatic N) is 1. The van der Waals surface area contributed by atoms with Crippen LogP contribution in [0.1, 0.15) is 30.9 Å². The number of benzene rings is 2. The first-order valence-electron chi connectivity index (χ1n) is 11.3. The molecule has 0 bridgehead atoms. The Bertz CT molecular complexity index is 1290. The van der Waals surface area contributed by atoms with Crippen LogP contribution in [0, 0.1) is 6.92 Å². The third kappa shape index (κ3) is 5.14. The number of carbonyl (C=O) groups is 1. The topological polar surface area (TPSA) is 83.9 Å². The maximum absolute atomic E-state index is 12.2. The Morgan fingerprint density at radius 3 is 2.59 bits per heavy atom. The standard InChI is InChI=1S/C27H27NO6/c1-4-30-24(27(29)31-5-2)17-20-11-12-23(25-21(20)13-15-33-25)32-16-14-22-18(3)34-26(28-22)19-9-7-6-8-10-19/h6-13,15,17H,4-5,14,16H2,1-3H3/b24-17+. The Kier molecular flexibility index (Phi) is 7.32. The van der Waals surface area contributed by atoms with Crippen LogP contribution < -0.4 is 4.74 Å². The van der Waals surface area contributed by atoms with Crippen molar-refractivity contribution in [2.24, 2.45) is 0 Å². The highest BCUT2D eigenvalue weighted by Gasteiger charge is 2.16. The van der Waals surface area contributed by atoms with Crippen LogP contribution in [0.15, 0.2) is 69.4 Å². The summed E-state index contributed by atoms with van der Waals surface area (Å²) in [4.78, 5) is 16.8. The molecule has 0 N–H and O–H groups in total. The largest absolute Gasteiger partial charge is 0.489 e. The van der Waals surface area contributed by atoms with E-state index >= 15 is 0 Å². The van der Waals surface area contributed by atoms with Crippen LogP contribution in [-0.4, -0.2) is 30.8 Å². The Morgan fingerprint density at radius 1 is 1.03 bits per heavy atom. The average Bonchev–Trinajstić information content (AvgIpc) is 3.48. The third-order valence-corrected chi connectivity index (χ3v) is 5.19. The third-order valence-electron chi connectivity index (χ3n) is 5.19. The molecule has 2 aromatic carbocycles. The molecule has 176 valence electrons. The molecule has 0 aliphatic rings. The monoisotopic (exact) mass is 461 g/mol. The number of esters is 1. The van der Waals surface area contributed by atoms with E-state index in [1.54, 1.807) is 19.3 Å². The van der Waals surface area contributed by atoms with E-state index in [2.05, 4.69) is 4.98 Å². The predicted octanol–water partition coefficient (Wildman–Crippen LogP) is 5.96. The smallest absolute Gasteiger partial charge is 0.373 e. The average molecular weight is 462 g/mol. The Morgan fingerprint density at radius 2 is 1.82 bits per heavy atom. The lowest BCUT2D eigenvalue weighted by Crippen LogP contribution is -2.10. The second-order valence-electron chi connectivity index (χ2n) is 7.46. The predicted molar refractivity (Wildman–Crippen MR) is 128 cm³/mol. The minimum Gasteiger partial charge on any atom is -0.489 e. The zero-order valence-corrected chi connectivity index (χ0v) is 19.5. The SMILES string of the molecule is CCOC(=O)/C(=C\c1ccc(OCCc2nc(-c3ccccc3)oc2C)c2occc12)OCC. The molecule has 7 nitrogen and oxygen atoms in total. The van der Waals surface area contributed by atoms with Crippen molar-refractivity contribution in [3.05, 3.63) is 77.6 Å². The highest BCUT2D eigenvalue weighted by atomic mass is 16.6. The molecule has 0 unspecified atom stereocenters. The number of hydrogen-bond acceptors (Lipinski definition) is 7. The van der Waals surface area contributed by atoms with Crippen LogP contribution in [0.4, 0.5) is 0 Å². The van der Waals surface area contributed by atoms with Gasteiger partial charge in [0.25, 0.3) is 0 Å². The fourth-order valence-corrected chi connectivity index (χ4v) is 3.58. The number of hydrogen-bond donors (Lipinski definition) is 0. The summed E-state index contributed by atoms with van der Waals surface area (Å²) in [5.41, 5.74) is 3.15. The summed E-state index contributed by atoms with van der Waals surface area (Å²) in [5, 5.41) is 0.808. The molecule has 0 radical (unpaired) electrons. The number of furan rings is 1. The molecule has 0 saturated heterocycles. The quantitative estimate of drug-likeness (QED) is 0.164. The van der Waals surface area contributed by atoms with Gasteiger partial charge in [0.05, 0.1) is 31.8 Å². The van der Waals surface area contributed by atoms with Gasteiger partial charge >= 0.3 is 5.97 Å². The van der Waals surface area contributed by atoms with Gasteiger partial charge in [-0.1, -0.05) is 24.3 Å². The lowest BCUT2D eigenvalue weighted by Gasteiger charge is -2.10. The molecule has 0 fully saturated rings. The molecule has 0 aliphatic carbocycles. The lowest BCUT2D eigenvalue weighted by atomic mass is 10.1. The molecule has 2 aromatic heterocycles. The van der Waals surface area contributed by atoms with E-state index in [0.29, 0.717) is 36.9 Å². The first kappa shape index (κ1) is 23.2. The number of carbonyl (C=O) groups excluding carboxylic acids is 1. The molecule has 0 atom stereocenters. The molecule has 0 aliphatic heterocycles. The summed E-state index contributed by atoms with van der Waals surface area (Å²) in [5.74, 6) is 1.63. The van der Waals surface area contributed by atoms with Crippen LogP contribution in [-0.2, 0) is 20.7 Å². The van der Waals surface area contributed by atoms with E-state index in [1.165, 1.54) is 0 Å². The number of aromatic nitrogens is 1. The summed E-state index contributed by atoms with van der Waals surface area (Å²) in [7, 11) is 0. The molecule has 4 rings (SSSR count). The van der Waals surface area contributed by atoms with Gasteiger partial charge in [0.2, 0.25) is 11.6 Å². The summed E-state index contributed by atoms with van der Waals surface area (Å²) in [6.45, 7) is 6.50. The fraction of sp³-hybridized carbons (Fsp3) is 0.259. The molecule has 0 spiro atoms. The highest BCUT2D eigenvalue weighted by Crippen LogP contribution is 2.31. The number of aryl methyl sites for hydroxylation is 1. The van der Waals surface area contributed by atoms with Crippen LogP contribution in [0.3, 0.4) is 0 Å². The fourth-order valence-electron chi connectivity index (χ4n) is 3.58. The summed E-state index contributed by atoms with van der Waals surface area (Å²) in [6.07, 6.45) is 3.84. The second kappa shape index (κ2) is 10.7. The normalized spacial score (nSPS) is 11.6. The van der Waals surface area contributed by atoms with E-state index in [4.69, 9.17) is 23.0 Å². The maximum atomic E-state index is 12.2. The molecule has 0 amide bonds. The van der Waals surface area contributed by atoms with Gasteiger partial charge < -0.3 is 23.0 Å². The number of rotatable bonds is 10. The first-order chi connectivity index (χ1) is 16.6. The van der Waals surface area contributed by atoms with Gasteiger partial charge in [0.1, 0.15) is 5.76 Å². The van der Waals surface area contributed by atoms with Crippen molar-refractivity contribution in [2.75, 3.05) is 19.8 Å². The van der Waals surface area contributed by atoms with Crippen molar-refractivity contribution < 1.29 is 27.8 Å². The van der Waals surface area contributed by atoms with Crippen LogP contribution in [0.2, 0.25) is 0 Å². The zero-order chi connectivity index (χ0) is 23.9. The van der Waals surface area contributed by atoms with Gasteiger partial charge in [0.15, 0.2) is 11.3 Å². The maximum Gasteiger partial charge on any atom is 0.373 e. The van der Waals surface area contributed by atoms with E-state index in [0.717, 1.165) is 28.0 Å². The first-order valence-corrected chi connectivity index (χ1v) is 11.3. The van der Waals surface area contributed by atoms with Gasteiger partial charge in [-0.25, -0.2) is 9.78 Å². The molecule has 7 heteroatoms. The van der Waals surface area contributed by atoms with Crippen molar-refractivity contribution in [1.82, 2.24) is 4.98 Å². The highest BCUT2D eigenvalue weighted by molar-refractivity contribution is 5.97. The minimum atomic E-state index is -0.501. The number of fused-ring (bicyclic) bond motifs is 1. The Balaban J connectivity index is 1.49. The Labute approximate surface area is 197 Å². The van der Waals surface area contributed by atoms with Crippen molar-refractivity contribution in [2.45, 2.75) is 27.2 Å². The number of ether oxygens (including phenoxy) is 3. The Hall–Kier alpha value is -4.00. The van der Waals surface area contributed by atoms with E-state index < -0.39 is 5.97 Å². The molecular weight excluding hydrogens is 434 g/mol. The molecular formula is C27H27NO6. The summed E-state index contributed by atoms with van der Waals surface area (Å²) < 4.78 is 28.1. The van der Waals surface area contributed by atoms with Gasteiger partial charge in [-0.15, -0.1) is 0 Å². The zero-order valence-electron chi connectivity index (χ0n) is 19.5. The van der Waals surface area contributed by atoms with Crippen LogP contribution >= 0.6 is 0 Å². The molecule has 2 heterocycles. The summed E-state index contributed by atoms with van der Waals surface area (Å²) >= 11 is 0. The van der Waals surface area contributed by atoms with Gasteiger partial charge in [-0.2, -0.15) is 0 Å². The van der Waals surface area contributed by atoms with Gasteiger partial charge in [-0.3, -0.25) is 0 Å². The molecule has 0 saturated carbocycles. The number of oxazole rings is 1. The van der Waals surface area contributed by atoms with Crippen LogP contribution in [0.5, 0.6) is 5.75 Å². The van der Waals surface area contributed by atoms with Gasteiger partial charge in [0, 0.05) is 17.4 Å². The molecule has 4 aromatic rings. The van der Waals surface area contributed by atoms with Crippen LogP contribution in [0.25, 0.3) is 28.5 Å². The lowest BCUT2D eigenvalue weighted by molar-refractivity contribution is -0.142. The second-order valence-corrected chi connectivity index (χ2v) is 7.46. The van der Waals surface area contributed by atoms with Crippen molar-refractivity contribution in [3.63, 3.8) is 0 Å².